The summed E-state index contributed by atoms with van der Waals surface area (Å²) in [6.45, 7) is 3.21. The van der Waals surface area contributed by atoms with Crippen molar-refractivity contribution in [2.24, 2.45) is 0 Å². The van der Waals surface area contributed by atoms with Gasteiger partial charge < -0.3 is 19.5 Å². The van der Waals surface area contributed by atoms with Crippen molar-refractivity contribution >= 4 is 11.8 Å². The van der Waals surface area contributed by atoms with Gasteiger partial charge in [-0.15, -0.1) is 0 Å². The van der Waals surface area contributed by atoms with Crippen molar-refractivity contribution in [1.29, 1.82) is 0 Å². The number of carbonyl (C=O) groups is 1. The smallest absolute Gasteiger partial charge is 0.414 e. The van der Waals surface area contributed by atoms with Gasteiger partial charge in [-0.2, -0.15) is 0 Å². The monoisotopic (exact) mass is 382 g/mol. The highest BCUT2D eigenvalue weighted by Crippen LogP contribution is 2.35. The number of nitrogens with one attached hydrogen (secondary N) is 1. The first-order chi connectivity index (χ1) is 13.8. The van der Waals surface area contributed by atoms with Crippen molar-refractivity contribution in [3.05, 3.63) is 53.1 Å². The Bertz CT molecular complexity index is 852. The van der Waals surface area contributed by atoms with Gasteiger partial charge in [0.2, 0.25) is 0 Å². The van der Waals surface area contributed by atoms with Gasteiger partial charge in [-0.05, 0) is 60.8 Å². The second kappa shape index (κ2) is 8.52. The molecule has 0 atom stereocenters. The number of hydrogen-bond donors (Lipinski definition) is 1. The van der Waals surface area contributed by atoms with Crippen LogP contribution in [0, 0.1) is 0 Å². The van der Waals surface area contributed by atoms with Crippen molar-refractivity contribution in [1.82, 2.24) is 5.32 Å². The molecule has 0 unspecified atom stereocenters. The van der Waals surface area contributed by atoms with Crippen LogP contribution in [0.15, 0.2) is 36.4 Å². The van der Waals surface area contributed by atoms with Crippen LogP contribution in [-0.2, 0) is 24.0 Å². The van der Waals surface area contributed by atoms with E-state index >= 15 is 0 Å². The highest BCUT2D eigenvalue weighted by Gasteiger charge is 2.27. The van der Waals surface area contributed by atoms with Gasteiger partial charge in [0.15, 0.2) is 0 Å². The number of benzene rings is 2. The van der Waals surface area contributed by atoms with E-state index < -0.39 is 0 Å². The van der Waals surface area contributed by atoms with Gasteiger partial charge in [0.1, 0.15) is 18.1 Å². The van der Waals surface area contributed by atoms with Crippen LogP contribution in [0.2, 0.25) is 0 Å². The minimum absolute atomic E-state index is 0.306. The van der Waals surface area contributed by atoms with E-state index in [1.54, 1.807) is 12.0 Å². The number of methoxy groups -OCH3 is 1. The van der Waals surface area contributed by atoms with Crippen molar-refractivity contribution in [2.75, 3.05) is 44.9 Å². The highest BCUT2D eigenvalue weighted by molar-refractivity contribution is 5.90. The van der Waals surface area contributed by atoms with Crippen LogP contribution in [0.1, 0.15) is 16.7 Å². The maximum atomic E-state index is 12.7. The van der Waals surface area contributed by atoms with Crippen LogP contribution in [0.5, 0.6) is 11.5 Å². The predicted molar refractivity (Wildman–Crippen MR) is 108 cm³/mol. The first-order valence-electron chi connectivity index (χ1n) is 9.82. The molecule has 0 aliphatic carbocycles. The third kappa shape index (κ3) is 3.92. The van der Waals surface area contributed by atoms with E-state index in [1.165, 1.54) is 11.1 Å². The summed E-state index contributed by atoms with van der Waals surface area (Å²) < 4.78 is 16.8. The average molecular weight is 382 g/mol. The SMILES string of the molecule is COc1ccccc1CCOC(=O)N1CCOc2cc3c(cc21)CCNCC3. The minimum Gasteiger partial charge on any atom is -0.496 e. The van der Waals surface area contributed by atoms with Crippen LogP contribution in [0.25, 0.3) is 0 Å². The molecular weight excluding hydrogens is 356 g/mol. The summed E-state index contributed by atoms with van der Waals surface area (Å²) in [6, 6.07) is 12.0. The number of carbonyl (C=O) groups excluding carboxylic acids is 1. The second-order valence-corrected chi connectivity index (χ2v) is 7.01. The molecule has 0 saturated heterocycles. The molecule has 2 aromatic rings. The van der Waals surface area contributed by atoms with E-state index in [0.29, 0.717) is 26.2 Å². The highest BCUT2D eigenvalue weighted by atomic mass is 16.6. The Morgan fingerprint density at radius 3 is 2.79 bits per heavy atom. The number of anilines is 1. The Labute approximate surface area is 165 Å². The first-order valence-corrected chi connectivity index (χ1v) is 9.82. The topological polar surface area (TPSA) is 60.0 Å². The number of amides is 1. The fourth-order valence-corrected chi connectivity index (χ4v) is 3.81. The normalized spacial score (nSPS) is 15.7. The molecular formula is C22H26N2O4. The molecule has 6 nitrogen and oxygen atoms in total. The Balaban J connectivity index is 1.45. The van der Waals surface area contributed by atoms with Gasteiger partial charge in [0, 0.05) is 6.42 Å². The van der Waals surface area contributed by atoms with Crippen molar-refractivity contribution in [2.45, 2.75) is 19.3 Å². The maximum Gasteiger partial charge on any atom is 0.414 e. The van der Waals surface area contributed by atoms with E-state index in [0.717, 1.165) is 48.7 Å². The molecule has 0 spiro atoms. The van der Waals surface area contributed by atoms with E-state index in [4.69, 9.17) is 14.2 Å². The molecule has 2 aliphatic rings. The molecule has 0 fully saturated rings. The zero-order chi connectivity index (χ0) is 19.3. The number of para-hydroxylation sites is 1. The Morgan fingerprint density at radius 1 is 1.18 bits per heavy atom. The molecule has 1 N–H and O–H groups in total. The molecule has 2 aromatic carbocycles. The molecule has 0 saturated carbocycles. The van der Waals surface area contributed by atoms with Crippen molar-refractivity contribution in [3.63, 3.8) is 0 Å². The molecule has 4 rings (SSSR count). The van der Waals surface area contributed by atoms with Gasteiger partial charge in [0.25, 0.3) is 0 Å². The fraction of sp³-hybridized carbons (Fsp3) is 0.409. The van der Waals surface area contributed by atoms with Crippen LogP contribution >= 0.6 is 0 Å². The van der Waals surface area contributed by atoms with Crippen LogP contribution in [0.4, 0.5) is 10.5 Å². The van der Waals surface area contributed by atoms with Crippen LogP contribution in [-0.4, -0.2) is 46.1 Å². The van der Waals surface area contributed by atoms with Gasteiger partial charge in [-0.1, -0.05) is 18.2 Å². The summed E-state index contributed by atoms with van der Waals surface area (Å²) in [5.74, 6) is 1.58. The summed E-state index contributed by atoms with van der Waals surface area (Å²) in [7, 11) is 1.65. The standard InChI is InChI=1S/C22H26N2O4/c1-26-20-5-3-2-4-16(20)8-12-28-22(25)24-11-13-27-21-15-18-7-10-23-9-6-17(18)14-19(21)24/h2-5,14-15,23H,6-13H2,1H3. The predicted octanol–water partition coefficient (Wildman–Crippen LogP) is 2.96. The summed E-state index contributed by atoms with van der Waals surface area (Å²) in [5, 5.41) is 3.42. The molecule has 28 heavy (non-hydrogen) atoms. The zero-order valence-electron chi connectivity index (χ0n) is 16.2. The summed E-state index contributed by atoms with van der Waals surface area (Å²) >= 11 is 0. The molecule has 0 bridgehead atoms. The maximum absolute atomic E-state index is 12.7. The Morgan fingerprint density at radius 2 is 1.96 bits per heavy atom. The molecule has 1 amide bonds. The lowest BCUT2D eigenvalue weighted by atomic mass is 10.0. The molecule has 0 radical (unpaired) electrons. The number of fused-ring (bicyclic) bond motifs is 2. The number of nitrogens with zero attached hydrogens (tertiary/aromatic N) is 1. The van der Waals surface area contributed by atoms with Crippen LogP contribution < -0.4 is 19.7 Å². The summed E-state index contributed by atoms with van der Waals surface area (Å²) in [4.78, 5) is 14.4. The number of hydrogen-bond acceptors (Lipinski definition) is 5. The largest absolute Gasteiger partial charge is 0.496 e. The van der Waals surface area contributed by atoms with E-state index in [9.17, 15) is 4.79 Å². The van der Waals surface area contributed by atoms with E-state index in [-0.39, 0.29) is 6.09 Å². The quantitative estimate of drug-likeness (QED) is 0.881. The average Bonchev–Trinajstić information content (AvgIpc) is 2.96. The lowest BCUT2D eigenvalue weighted by molar-refractivity contribution is 0.151. The first kappa shape index (κ1) is 18.6. The zero-order valence-corrected chi connectivity index (χ0v) is 16.2. The van der Waals surface area contributed by atoms with Gasteiger partial charge in [-0.3, -0.25) is 4.90 Å². The van der Waals surface area contributed by atoms with Gasteiger partial charge >= 0.3 is 6.09 Å². The second-order valence-electron chi connectivity index (χ2n) is 7.01. The van der Waals surface area contributed by atoms with E-state index in [1.807, 2.05) is 24.3 Å². The van der Waals surface area contributed by atoms with Crippen molar-refractivity contribution < 1.29 is 19.0 Å². The van der Waals surface area contributed by atoms with Crippen molar-refractivity contribution in [3.8, 4) is 11.5 Å². The number of rotatable bonds is 4. The third-order valence-electron chi connectivity index (χ3n) is 5.30. The lowest BCUT2D eigenvalue weighted by Gasteiger charge is -2.30. The Hall–Kier alpha value is -2.73. The van der Waals surface area contributed by atoms with Crippen LogP contribution in [0.3, 0.4) is 0 Å². The lowest BCUT2D eigenvalue weighted by Crippen LogP contribution is -2.38. The molecule has 2 heterocycles. The summed E-state index contributed by atoms with van der Waals surface area (Å²) in [5.41, 5.74) is 4.42. The molecule has 148 valence electrons. The molecule has 2 aliphatic heterocycles. The van der Waals surface area contributed by atoms with Gasteiger partial charge in [0.05, 0.1) is 25.9 Å². The fourth-order valence-electron chi connectivity index (χ4n) is 3.81. The summed E-state index contributed by atoms with van der Waals surface area (Å²) in [6.07, 6.45) is 2.23. The Kier molecular flexibility index (Phi) is 5.67. The molecule has 0 aromatic heterocycles. The third-order valence-corrected chi connectivity index (χ3v) is 5.30. The number of ether oxygens (including phenoxy) is 3. The van der Waals surface area contributed by atoms with E-state index in [2.05, 4.69) is 17.4 Å². The minimum atomic E-state index is -0.328. The van der Waals surface area contributed by atoms with Gasteiger partial charge in [-0.25, -0.2) is 4.79 Å². The molecule has 6 heteroatoms.